The molecule has 1 aliphatic heterocycles. The van der Waals surface area contributed by atoms with Crippen molar-refractivity contribution in [3.8, 4) is 0 Å². The summed E-state index contributed by atoms with van der Waals surface area (Å²) >= 11 is 0. The Morgan fingerprint density at radius 1 is 1.30 bits per heavy atom. The molecule has 1 saturated heterocycles. The van der Waals surface area contributed by atoms with Gasteiger partial charge in [-0.2, -0.15) is 0 Å². The van der Waals surface area contributed by atoms with Crippen LogP contribution in [0.25, 0.3) is 0 Å². The van der Waals surface area contributed by atoms with Crippen LogP contribution in [-0.4, -0.2) is 30.7 Å². The normalized spacial score (nSPS) is 15.3. The number of carbonyl (C=O) groups is 1. The molecule has 1 heterocycles. The minimum atomic E-state index is -0.814. The van der Waals surface area contributed by atoms with Gasteiger partial charge in [0.15, 0.2) is 0 Å². The molecule has 0 aliphatic carbocycles. The molecule has 2 rings (SSSR count). The fourth-order valence-corrected chi connectivity index (χ4v) is 2.47. The second-order valence-corrected chi connectivity index (χ2v) is 5.15. The predicted octanol–water partition coefficient (Wildman–Crippen LogP) is 2.38. The van der Waals surface area contributed by atoms with Gasteiger partial charge in [0.2, 0.25) is 0 Å². The first-order valence-corrected chi connectivity index (χ1v) is 7.13. The van der Waals surface area contributed by atoms with E-state index < -0.39 is 5.97 Å². The number of aliphatic carboxylic acids is 1. The average molecular weight is 280 g/mol. The molecular formula is C15H21FN2O2. The first-order chi connectivity index (χ1) is 9.66. The largest absolute Gasteiger partial charge is 0.481 e. The minimum Gasteiger partial charge on any atom is -0.481 e. The quantitative estimate of drug-likeness (QED) is 0.786. The van der Waals surface area contributed by atoms with Crippen LogP contribution in [-0.2, 0) is 11.3 Å². The maximum atomic E-state index is 13.9. The lowest BCUT2D eigenvalue weighted by molar-refractivity contribution is -0.136. The Balaban J connectivity index is 1.95. The van der Waals surface area contributed by atoms with E-state index in [2.05, 4.69) is 10.2 Å². The standard InChI is InChI=1S/C15H21FN2O2/c16-13-5-4-12(11-17-7-6-15(19)20)10-14(13)18-8-2-1-3-9-18/h4-5,10,17H,1-3,6-9,11H2,(H,19,20). The SMILES string of the molecule is O=C(O)CCNCc1ccc(F)c(N2CCCCC2)c1. The zero-order valence-electron chi connectivity index (χ0n) is 11.6. The molecular weight excluding hydrogens is 259 g/mol. The highest BCUT2D eigenvalue weighted by atomic mass is 19.1. The van der Waals surface area contributed by atoms with Crippen LogP contribution in [0.3, 0.4) is 0 Å². The summed E-state index contributed by atoms with van der Waals surface area (Å²) in [6.45, 7) is 2.81. The average Bonchev–Trinajstić information content (AvgIpc) is 2.46. The van der Waals surface area contributed by atoms with Crippen molar-refractivity contribution in [1.29, 1.82) is 0 Å². The summed E-state index contributed by atoms with van der Waals surface area (Å²) in [6.07, 6.45) is 3.54. The first kappa shape index (κ1) is 14.8. The van der Waals surface area contributed by atoms with E-state index in [4.69, 9.17) is 5.11 Å². The van der Waals surface area contributed by atoms with E-state index in [1.54, 1.807) is 6.07 Å². The highest BCUT2D eigenvalue weighted by Gasteiger charge is 2.15. The van der Waals surface area contributed by atoms with E-state index in [0.29, 0.717) is 18.8 Å². The Bertz CT molecular complexity index is 459. The Morgan fingerprint density at radius 2 is 2.05 bits per heavy atom. The van der Waals surface area contributed by atoms with Gasteiger partial charge in [-0.15, -0.1) is 0 Å². The van der Waals surface area contributed by atoms with Gasteiger partial charge in [0.1, 0.15) is 5.82 Å². The summed E-state index contributed by atoms with van der Waals surface area (Å²) < 4.78 is 13.9. The number of nitrogens with zero attached hydrogens (tertiary/aromatic N) is 1. The number of benzene rings is 1. The Kier molecular flexibility index (Phi) is 5.35. The van der Waals surface area contributed by atoms with Gasteiger partial charge in [0, 0.05) is 26.2 Å². The van der Waals surface area contributed by atoms with Crippen LogP contribution in [0.5, 0.6) is 0 Å². The van der Waals surface area contributed by atoms with Crippen LogP contribution in [0, 0.1) is 5.82 Å². The van der Waals surface area contributed by atoms with Gasteiger partial charge in [0.25, 0.3) is 0 Å². The van der Waals surface area contributed by atoms with E-state index in [-0.39, 0.29) is 12.2 Å². The van der Waals surface area contributed by atoms with Crippen molar-refractivity contribution < 1.29 is 14.3 Å². The Labute approximate surface area is 118 Å². The molecule has 0 bridgehead atoms. The predicted molar refractivity (Wildman–Crippen MR) is 76.4 cm³/mol. The molecule has 0 spiro atoms. The second-order valence-electron chi connectivity index (χ2n) is 5.15. The van der Waals surface area contributed by atoms with E-state index in [0.717, 1.165) is 31.5 Å². The molecule has 1 aromatic rings. The highest BCUT2D eigenvalue weighted by Crippen LogP contribution is 2.24. The molecule has 1 aliphatic rings. The van der Waals surface area contributed by atoms with Gasteiger partial charge in [-0.3, -0.25) is 4.79 Å². The van der Waals surface area contributed by atoms with Crippen LogP contribution < -0.4 is 10.2 Å². The molecule has 0 amide bonds. The van der Waals surface area contributed by atoms with Crippen molar-refractivity contribution in [2.45, 2.75) is 32.2 Å². The summed E-state index contributed by atoms with van der Waals surface area (Å²) in [6, 6.07) is 5.11. The summed E-state index contributed by atoms with van der Waals surface area (Å²) in [5.41, 5.74) is 1.65. The fourth-order valence-electron chi connectivity index (χ4n) is 2.47. The van der Waals surface area contributed by atoms with Gasteiger partial charge < -0.3 is 15.3 Å². The topological polar surface area (TPSA) is 52.6 Å². The summed E-state index contributed by atoms with van der Waals surface area (Å²) in [5.74, 6) is -0.994. The highest BCUT2D eigenvalue weighted by molar-refractivity contribution is 5.66. The molecule has 0 atom stereocenters. The molecule has 0 aromatic heterocycles. The zero-order valence-corrected chi connectivity index (χ0v) is 11.6. The van der Waals surface area contributed by atoms with Crippen LogP contribution in [0.15, 0.2) is 18.2 Å². The zero-order chi connectivity index (χ0) is 14.4. The van der Waals surface area contributed by atoms with E-state index in [1.807, 2.05) is 6.07 Å². The van der Waals surface area contributed by atoms with Gasteiger partial charge in [-0.1, -0.05) is 6.07 Å². The first-order valence-electron chi connectivity index (χ1n) is 7.13. The third-order valence-electron chi connectivity index (χ3n) is 3.55. The molecule has 110 valence electrons. The molecule has 0 radical (unpaired) electrons. The lowest BCUT2D eigenvalue weighted by atomic mass is 10.1. The van der Waals surface area contributed by atoms with Crippen molar-refractivity contribution in [2.75, 3.05) is 24.5 Å². The fraction of sp³-hybridized carbons (Fsp3) is 0.533. The molecule has 5 heteroatoms. The van der Waals surface area contributed by atoms with Crippen LogP contribution >= 0.6 is 0 Å². The number of halogens is 1. The Morgan fingerprint density at radius 3 is 2.75 bits per heavy atom. The van der Waals surface area contributed by atoms with Crippen molar-refractivity contribution in [3.05, 3.63) is 29.6 Å². The molecule has 4 nitrogen and oxygen atoms in total. The third-order valence-corrected chi connectivity index (χ3v) is 3.55. The number of anilines is 1. The monoisotopic (exact) mass is 280 g/mol. The van der Waals surface area contributed by atoms with Crippen molar-refractivity contribution in [2.24, 2.45) is 0 Å². The van der Waals surface area contributed by atoms with Crippen LogP contribution in [0.4, 0.5) is 10.1 Å². The number of piperidine rings is 1. The van der Waals surface area contributed by atoms with Crippen molar-refractivity contribution in [3.63, 3.8) is 0 Å². The molecule has 0 unspecified atom stereocenters. The molecule has 0 saturated carbocycles. The lowest BCUT2D eigenvalue weighted by Crippen LogP contribution is -2.30. The number of carboxylic acids is 1. The van der Waals surface area contributed by atoms with Crippen LogP contribution in [0.2, 0.25) is 0 Å². The Hall–Kier alpha value is -1.62. The smallest absolute Gasteiger partial charge is 0.304 e. The number of hydrogen-bond donors (Lipinski definition) is 2. The summed E-state index contributed by atoms with van der Waals surface area (Å²) in [7, 11) is 0. The van der Waals surface area contributed by atoms with Crippen LogP contribution in [0.1, 0.15) is 31.2 Å². The number of hydrogen-bond acceptors (Lipinski definition) is 3. The van der Waals surface area contributed by atoms with Crippen molar-refractivity contribution >= 4 is 11.7 Å². The summed E-state index contributed by atoms with van der Waals surface area (Å²) in [5, 5.41) is 11.6. The van der Waals surface area contributed by atoms with Crippen molar-refractivity contribution in [1.82, 2.24) is 5.32 Å². The van der Waals surface area contributed by atoms with Gasteiger partial charge in [-0.25, -0.2) is 4.39 Å². The minimum absolute atomic E-state index is 0.0974. The van der Waals surface area contributed by atoms with E-state index in [9.17, 15) is 9.18 Å². The molecule has 1 aromatic carbocycles. The summed E-state index contributed by atoms with van der Waals surface area (Å²) in [4.78, 5) is 12.5. The van der Waals surface area contributed by atoms with Gasteiger partial charge >= 0.3 is 5.97 Å². The van der Waals surface area contributed by atoms with E-state index in [1.165, 1.54) is 12.5 Å². The third kappa shape index (κ3) is 4.20. The molecule has 1 fully saturated rings. The number of carboxylic acid groups (broad SMARTS) is 1. The molecule has 20 heavy (non-hydrogen) atoms. The number of nitrogens with one attached hydrogen (secondary N) is 1. The second kappa shape index (κ2) is 7.24. The maximum Gasteiger partial charge on any atom is 0.304 e. The van der Waals surface area contributed by atoms with Gasteiger partial charge in [0.05, 0.1) is 12.1 Å². The van der Waals surface area contributed by atoms with Gasteiger partial charge in [-0.05, 0) is 37.0 Å². The molecule has 2 N–H and O–H groups in total. The lowest BCUT2D eigenvalue weighted by Gasteiger charge is -2.29. The number of rotatable bonds is 6. The van der Waals surface area contributed by atoms with E-state index >= 15 is 0 Å². The maximum absolute atomic E-state index is 13.9.